The molecule has 1 aliphatic carbocycles. The third kappa shape index (κ3) is 1.84. The summed E-state index contributed by atoms with van der Waals surface area (Å²) in [5.41, 5.74) is 7.75. The molecule has 0 spiro atoms. The highest BCUT2D eigenvalue weighted by molar-refractivity contribution is 5.56. The van der Waals surface area contributed by atoms with E-state index in [-0.39, 0.29) is 23.0 Å². The van der Waals surface area contributed by atoms with Crippen LogP contribution in [-0.2, 0) is 6.42 Å². The molecule has 2 N–H and O–H groups in total. The second-order valence-electron chi connectivity index (χ2n) is 7.25. The monoisotopic (exact) mass is 286 g/mol. The summed E-state index contributed by atoms with van der Waals surface area (Å²) in [6, 6.07) is 5.95. The van der Waals surface area contributed by atoms with Crippen molar-refractivity contribution >= 4 is 0 Å². The molecule has 0 saturated heterocycles. The Morgan fingerprint density at radius 2 is 1.95 bits per heavy atom. The van der Waals surface area contributed by atoms with Crippen LogP contribution in [0.3, 0.4) is 0 Å². The summed E-state index contributed by atoms with van der Waals surface area (Å²) >= 11 is 0. The van der Waals surface area contributed by atoms with Crippen LogP contribution in [0.4, 0.5) is 0 Å². The Bertz CT molecular complexity index is 612. The van der Waals surface area contributed by atoms with Crippen LogP contribution in [0, 0.1) is 22.2 Å². The minimum Gasteiger partial charge on any atom is -0.491 e. The number of hydrogen-bond acceptors (Lipinski definition) is 4. The number of rotatable bonds is 2. The molecule has 1 heterocycles. The molecule has 0 atom stereocenters. The Labute approximate surface area is 125 Å². The summed E-state index contributed by atoms with van der Waals surface area (Å²) < 4.78 is 11.9. The van der Waals surface area contributed by atoms with Gasteiger partial charge < -0.3 is 15.2 Å². The highest BCUT2D eigenvalue weighted by atomic mass is 16.5. The van der Waals surface area contributed by atoms with E-state index in [2.05, 4.69) is 33.8 Å². The van der Waals surface area contributed by atoms with Crippen LogP contribution in [0.15, 0.2) is 12.1 Å². The van der Waals surface area contributed by atoms with E-state index >= 15 is 0 Å². The average molecular weight is 286 g/mol. The zero-order valence-electron chi connectivity index (χ0n) is 13.1. The van der Waals surface area contributed by atoms with Crippen LogP contribution < -0.4 is 15.2 Å². The number of hydrogen-bond donors (Lipinski definition) is 1. The number of benzene rings is 1. The van der Waals surface area contributed by atoms with Crippen molar-refractivity contribution in [3.05, 3.63) is 23.3 Å². The molecule has 3 rings (SSSR count). The molecule has 0 bridgehead atoms. The molecular weight excluding hydrogens is 264 g/mol. The highest BCUT2D eigenvalue weighted by Crippen LogP contribution is 2.55. The Morgan fingerprint density at radius 3 is 2.57 bits per heavy atom. The predicted molar refractivity (Wildman–Crippen MR) is 80.3 cm³/mol. The van der Waals surface area contributed by atoms with Gasteiger partial charge in [-0.3, -0.25) is 0 Å². The molecule has 1 saturated carbocycles. The van der Waals surface area contributed by atoms with Crippen molar-refractivity contribution in [2.24, 2.45) is 16.6 Å². The minimum absolute atomic E-state index is 0.0534. The number of fused-ring (bicyclic) bond motifs is 1. The van der Waals surface area contributed by atoms with Crippen molar-refractivity contribution in [1.29, 1.82) is 5.26 Å². The van der Waals surface area contributed by atoms with Gasteiger partial charge in [0.15, 0.2) is 0 Å². The molecule has 4 nitrogen and oxygen atoms in total. The Kier molecular flexibility index (Phi) is 2.97. The largest absolute Gasteiger partial charge is 0.491 e. The molecule has 1 fully saturated rings. The third-order valence-electron chi connectivity index (χ3n) is 5.14. The molecular formula is C17H22N2O2. The number of nitriles is 1. The van der Waals surface area contributed by atoms with Crippen LogP contribution in [0.1, 0.15) is 38.8 Å². The normalized spacial score (nSPS) is 28.0. The summed E-state index contributed by atoms with van der Waals surface area (Å²) in [4.78, 5) is 0. The van der Waals surface area contributed by atoms with Gasteiger partial charge in [-0.25, -0.2) is 0 Å². The van der Waals surface area contributed by atoms with Crippen molar-refractivity contribution in [3.63, 3.8) is 0 Å². The second-order valence-corrected chi connectivity index (χ2v) is 7.25. The lowest BCUT2D eigenvalue weighted by atomic mass is 9.50. The molecule has 0 radical (unpaired) electrons. The second kappa shape index (κ2) is 4.38. The number of nitrogens with zero attached hydrogens (tertiary/aromatic N) is 1. The molecule has 0 unspecified atom stereocenters. The lowest BCUT2D eigenvalue weighted by Gasteiger charge is -2.61. The van der Waals surface area contributed by atoms with Gasteiger partial charge in [0, 0.05) is 28.9 Å². The molecule has 1 aliphatic heterocycles. The summed E-state index contributed by atoms with van der Waals surface area (Å²) in [6.07, 6.45) is 0.845. The molecule has 1 aromatic rings. The Morgan fingerprint density at radius 1 is 1.29 bits per heavy atom. The lowest BCUT2D eigenvalue weighted by molar-refractivity contribution is -0.155. The topological polar surface area (TPSA) is 68.3 Å². The summed E-state index contributed by atoms with van der Waals surface area (Å²) in [5.74, 6) is 1.52. The molecule has 0 amide bonds. The van der Waals surface area contributed by atoms with Crippen molar-refractivity contribution in [2.75, 3.05) is 6.61 Å². The molecule has 1 aromatic carbocycles. The van der Waals surface area contributed by atoms with Crippen LogP contribution in [-0.4, -0.2) is 18.8 Å². The first-order valence-electron chi connectivity index (χ1n) is 7.41. The summed E-state index contributed by atoms with van der Waals surface area (Å²) in [7, 11) is 0. The first kappa shape index (κ1) is 14.2. The van der Waals surface area contributed by atoms with E-state index in [9.17, 15) is 0 Å². The SMILES string of the molecule is CC1(C)C(N)C(C)(C)C1Oc1ccc(C#N)c2c1CCO2. The van der Waals surface area contributed by atoms with E-state index in [1.807, 2.05) is 6.07 Å². The van der Waals surface area contributed by atoms with Crippen molar-refractivity contribution in [1.82, 2.24) is 0 Å². The number of ether oxygens (including phenoxy) is 2. The van der Waals surface area contributed by atoms with E-state index in [4.69, 9.17) is 20.5 Å². The van der Waals surface area contributed by atoms with Crippen molar-refractivity contribution < 1.29 is 9.47 Å². The number of nitrogens with two attached hydrogens (primary N) is 1. The standard InChI is InChI=1S/C17H22N2O2/c1-16(2)14(19)17(3,4)15(16)21-12-6-5-10(9-18)13-11(12)7-8-20-13/h5-6,14-15H,7-8,19H2,1-4H3. The van der Waals surface area contributed by atoms with Gasteiger partial charge in [-0.1, -0.05) is 27.7 Å². The third-order valence-corrected chi connectivity index (χ3v) is 5.14. The van der Waals surface area contributed by atoms with Crippen LogP contribution >= 0.6 is 0 Å². The fraction of sp³-hybridized carbons (Fsp3) is 0.588. The molecule has 112 valence electrons. The van der Waals surface area contributed by atoms with Gasteiger partial charge in [0.05, 0.1) is 12.2 Å². The zero-order chi connectivity index (χ0) is 15.4. The first-order valence-corrected chi connectivity index (χ1v) is 7.41. The average Bonchev–Trinajstić information content (AvgIpc) is 2.92. The highest BCUT2D eigenvalue weighted by Gasteiger charge is 2.62. The smallest absolute Gasteiger partial charge is 0.144 e. The van der Waals surface area contributed by atoms with E-state index in [0.29, 0.717) is 17.9 Å². The minimum atomic E-state index is -0.0657. The molecule has 2 aliphatic rings. The zero-order valence-corrected chi connectivity index (χ0v) is 13.1. The van der Waals surface area contributed by atoms with Gasteiger partial charge in [0.2, 0.25) is 0 Å². The van der Waals surface area contributed by atoms with E-state index in [1.54, 1.807) is 6.07 Å². The predicted octanol–water partition coefficient (Wildman–Crippen LogP) is 2.63. The van der Waals surface area contributed by atoms with Gasteiger partial charge in [0.1, 0.15) is 23.7 Å². The van der Waals surface area contributed by atoms with Crippen LogP contribution in [0.25, 0.3) is 0 Å². The Hall–Kier alpha value is -1.73. The van der Waals surface area contributed by atoms with E-state index < -0.39 is 0 Å². The lowest BCUT2D eigenvalue weighted by Crippen LogP contribution is -2.73. The van der Waals surface area contributed by atoms with Gasteiger partial charge in [-0.15, -0.1) is 0 Å². The van der Waals surface area contributed by atoms with Crippen LogP contribution in [0.5, 0.6) is 11.5 Å². The van der Waals surface area contributed by atoms with Crippen molar-refractivity contribution in [2.45, 2.75) is 46.3 Å². The quantitative estimate of drug-likeness (QED) is 0.907. The summed E-state index contributed by atoms with van der Waals surface area (Å²) in [5, 5.41) is 9.15. The van der Waals surface area contributed by atoms with Gasteiger partial charge >= 0.3 is 0 Å². The maximum absolute atomic E-state index is 9.15. The maximum atomic E-state index is 9.15. The molecule has 0 aromatic heterocycles. The van der Waals surface area contributed by atoms with Crippen molar-refractivity contribution in [3.8, 4) is 17.6 Å². The maximum Gasteiger partial charge on any atom is 0.144 e. The Balaban J connectivity index is 1.94. The summed E-state index contributed by atoms with van der Waals surface area (Å²) in [6.45, 7) is 9.20. The van der Waals surface area contributed by atoms with E-state index in [0.717, 1.165) is 17.7 Å². The van der Waals surface area contributed by atoms with Gasteiger partial charge in [-0.05, 0) is 12.1 Å². The van der Waals surface area contributed by atoms with Gasteiger partial charge in [-0.2, -0.15) is 5.26 Å². The molecule has 21 heavy (non-hydrogen) atoms. The fourth-order valence-electron chi connectivity index (χ4n) is 4.04. The van der Waals surface area contributed by atoms with Gasteiger partial charge in [0.25, 0.3) is 0 Å². The fourth-order valence-corrected chi connectivity index (χ4v) is 4.04. The first-order chi connectivity index (χ1) is 9.80. The van der Waals surface area contributed by atoms with Crippen LogP contribution in [0.2, 0.25) is 0 Å². The van der Waals surface area contributed by atoms with E-state index in [1.165, 1.54) is 0 Å². The molecule has 4 heteroatoms.